The first-order valence-electron chi connectivity index (χ1n) is 11.0. The molecule has 0 heterocycles. The molecule has 0 aliphatic rings. The molecule has 0 spiro atoms. The van der Waals surface area contributed by atoms with Crippen LogP contribution in [-0.4, -0.2) is 5.91 Å². The molecule has 0 saturated carbocycles. The zero-order valence-electron chi connectivity index (χ0n) is 16.9. The third-order valence-corrected chi connectivity index (χ3v) is 4.78. The van der Waals surface area contributed by atoms with Crippen LogP contribution < -0.4 is 5.73 Å². The molecule has 0 rings (SSSR count). The maximum Gasteiger partial charge on any atom is 0.218 e. The van der Waals surface area contributed by atoms with Crippen molar-refractivity contribution in [1.82, 2.24) is 0 Å². The van der Waals surface area contributed by atoms with Crippen molar-refractivity contribution in [1.29, 1.82) is 0 Å². The quantitative estimate of drug-likeness (QED) is 0.212. The van der Waals surface area contributed by atoms with Crippen LogP contribution in [0.25, 0.3) is 0 Å². The third kappa shape index (κ3) is 23.0. The third-order valence-electron chi connectivity index (χ3n) is 4.78. The van der Waals surface area contributed by atoms with Gasteiger partial charge in [0.05, 0.1) is 0 Å². The number of rotatable bonds is 18. The summed E-state index contributed by atoms with van der Waals surface area (Å²) in [6, 6.07) is 0. The Kier molecular flexibility index (Phi) is 20.3. The lowest BCUT2D eigenvalue weighted by atomic mass is 10.0. The molecule has 0 aliphatic carbocycles. The monoisotopic (exact) mass is 349 g/mol. The van der Waals surface area contributed by atoms with Crippen LogP contribution in [0.5, 0.6) is 0 Å². The zero-order chi connectivity index (χ0) is 18.4. The van der Waals surface area contributed by atoms with E-state index in [2.05, 4.69) is 18.8 Å². The van der Waals surface area contributed by atoms with Gasteiger partial charge in [-0.1, -0.05) is 103 Å². The van der Waals surface area contributed by atoms with Gasteiger partial charge in [0.25, 0.3) is 0 Å². The van der Waals surface area contributed by atoms with Gasteiger partial charge in [0.1, 0.15) is 0 Å². The number of carbonyl (C=O) groups is 1. The van der Waals surface area contributed by atoms with Gasteiger partial charge in [-0.15, -0.1) is 11.8 Å². The molecule has 0 aromatic carbocycles. The molecule has 25 heavy (non-hydrogen) atoms. The molecule has 0 radical (unpaired) electrons. The summed E-state index contributed by atoms with van der Waals surface area (Å²) in [5, 5.41) is 0. The number of nitrogens with two attached hydrogens (primary N) is 1. The van der Waals surface area contributed by atoms with Gasteiger partial charge in [0.2, 0.25) is 5.91 Å². The second-order valence-corrected chi connectivity index (χ2v) is 7.37. The lowest BCUT2D eigenvalue weighted by Gasteiger charge is -2.03. The summed E-state index contributed by atoms with van der Waals surface area (Å²) < 4.78 is 0. The molecular weight excluding hydrogens is 306 g/mol. The molecule has 0 aromatic heterocycles. The maximum atomic E-state index is 10.5. The summed E-state index contributed by atoms with van der Waals surface area (Å²) in [6.45, 7) is 2.28. The fourth-order valence-electron chi connectivity index (χ4n) is 3.12. The molecule has 0 saturated heterocycles. The van der Waals surface area contributed by atoms with E-state index >= 15 is 0 Å². The Morgan fingerprint density at radius 3 is 1.36 bits per heavy atom. The van der Waals surface area contributed by atoms with E-state index in [0.29, 0.717) is 12.8 Å². The predicted octanol–water partition coefficient (Wildman–Crippen LogP) is 6.91. The zero-order valence-corrected chi connectivity index (χ0v) is 16.9. The molecule has 0 fully saturated rings. The Hall–Kier alpha value is -0.970. The summed E-state index contributed by atoms with van der Waals surface area (Å²) in [6.07, 6.45) is 24.4. The van der Waals surface area contributed by atoms with Crippen LogP contribution in [0, 0.1) is 11.8 Å². The molecule has 2 heteroatoms. The first-order chi connectivity index (χ1) is 12.3. The molecule has 0 bridgehead atoms. The highest BCUT2D eigenvalue weighted by molar-refractivity contribution is 5.73. The topological polar surface area (TPSA) is 43.1 Å². The van der Waals surface area contributed by atoms with Crippen molar-refractivity contribution in [2.75, 3.05) is 0 Å². The average molecular weight is 350 g/mol. The Labute approximate surface area is 157 Å². The van der Waals surface area contributed by atoms with Crippen LogP contribution in [0.3, 0.4) is 0 Å². The fourth-order valence-corrected chi connectivity index (χ4v) is 3.12. The van der Waals surface area contributed by atoms with Gasteiger partial charge in [-0.05, 0) is 6.42 Å². The van der Waals surface area contributed by atoms with E-state index in [4.69, 9.17) is 5.73 Å². The molecule has 0 atom stereocenters. The lowest BCUT2D eigenvalue weighted by Crippen LogP contribution is -2.08. The van der Waals surface area contributed by atoms with E-state index < -0.39 is 0 Å². The largest absolute Gasteiger partial charge is 0.370 e. The Morgan fingerprint density at radius 2 is 0.960 bits per heavy atom. The van der Waals surface area contributed by atoms with E-state index in [1.807, 2.05) is 0 Å². The van der Waals surface area contributed by atoms with Crippen LogP contribution in [0.4, 0.5) is 0 Å². The predicted molar refractivity (Wildman–Crippen MR) is 110 cm³/mol. The van der Waals surface area contributed by atoms with E-state index in [1.54, 1.807) is 0 Å². The minimum Gasteiger partial charge on any atom is -0.370 e. The highest BCUT2D eigenvalue weighted by Crippen LogP contribution is 2.13. The number of hydrogen-bond acceptors (Lipinski definition) is 1. The smallest absolute Gasteiger partial charge is 0.218 e. The SMILES string of the molecule is CCCCCCCCCCCCCCCCCCC#CCCC(N)=O. The number of carbonyl (C=O) groups excluding carboxylic acids is 1. The van der Waals surface area contributed by atoms with Crippen LogP contribution >= 0.6 is 0 Å². The van der Waals surface area contributed by atoms with Crippen molar-refractivity contribution >= 4 is 5.91 Å². The minimum absolute atomic E-state index is 0.253. The van der Waals surface area contributed by atoms with Gasteiger partial charge in [0.15, 0.2) is 0 Å². The molecular formula is C23H43NO. The Bertz CT molecular complexity index is 340. The normalized spacial score (nSPS) is 10.4. The van der Waals surface area contributed by atoms with Gasteiger partial charge in [-0.2, -0.15) is 0 Å². The molecule has 1 amide bonds. The first-order valence-corrected chi connectivity index (χ1v) is 11.0. The van der Waals surface area contributed by atoms with E-state index in [0.717, 1.165) is 6.42 Å². The molecule has 0 aromatic rings. The van der Waals surface area contributed by atoms with E-state index in [9.17, 15) is 4.79 Å². The second kappa shape index (κ2) is 21.1. The Balaban J connectivity index is 3.06. The van der Waals surface area contributed by atoms with Crippen LogP contribution in [0.15, 0.2) is 0 Å². The second-order valence-electron chi connectivity index (χ2n) is 7.37. The van der Waals surface area contributed by atoms with Crippen molar-refractivity contribution < 1.29 is 4.79 Å². The number of primary amides is 1. The summed E-state index contributed by atoms with van der Waals surface area (Å²) in [7, 11) is 0. The van der Waals surface area contributed by atoms with Gasteiger partial charge in [-0.3, -0.25) is 4.79 Å². The lowest BCUT2D eigenvalue weighted by molar-refractivity contribution is -0.117. The van der Waals surface area contributed by atoms with Crippen molar-refractivity contribution in [3.8, 4) is 11.8 Å². The van der Waals surface area contributed by atoms with Crippen LogP contribution in [-0.2, 0) is 4.79 Å². The maximum absolute atomic E-state index is 10.5. The summed E-state index contributed by atoms with van der Waals surface area (Å²) >= 11 is 0. The summed E-state index contributed by atoms with van der Waals surface area (Å²) in [5.41, 5.74) is 5.07. The first kappa shape index (κ1) is 24.0. The fraction of sp³-hybridized carbons (Fsp3) is 0.870. The van der Waals surface area contributed by atoms with Gasteiger partial charge < -0.3 is 5.73 Å². The highest BCUT2D eigenvalue weighted by atomic mass is 16.1. The Morgan fingerprint density at radius 1 is 0.600 bits per heavy atom. The van der Waals surface area contributed by atoms with Crippen LogP contribution in [0.2, 0.25) is 0 Å². The standard InChI is InChI=1S/C23H43NO/c1-2-3-4-5-6-7-8-9-10-11-12-13-14-15-16-17-18-19-20-21-22-23(24)25/h2-18,21-22H2,1H3,(H2,24,25). The average Bonchev–Trinajstić information content (AvgIpc) is 2.60. The van der Waals surface area contributed by atoms with Crippen molar-refractivity contribution in [2.24, 2.45) is 5.73 Å². The number of unbranched alkanes of at least 4 members (excludes halogenated alkanes) is 16. The van der Waals surface area contributed by atoms with Crippen molar-refractivity contribution in [3.63, 3.8) is 0 Å². The van der Waals surface area contributed by atoms with E-state index in [1.165, 1.54) is 103 Å². The van der Waals surface area contributed by atoms with Gasteiger partial charge in [-0.25, -0.2) is 0 Å². The molecule has 146 valence electrons. The van der Waals surface area contributed by atoms with Gasteiger partial charge >= 0.3 is 0 Å². The van der Waals surface area contributed by atoms with Crippen LogP contribution in [0.1, 0.15) is 129 Å². The number of amides is 1. The van der Waals surface area contributed by atoms with E-state index in [-0.39, 0.29) is 5.91 Å². The van der Waals surface area contributed by atoms with Crippen molar-refractivity contribution in [2.45, 2.75) is 129 Å². The molecule has 0 aliphatic heterocycles. The molecule has 2 N–H and O–H groups in total. The summed E-state index contributed by atoms with van der Waals surface area (Å²) in [4.78, 5) is 10.5. The van der Waals surface area contributed by atoms with Crippen molar-refractivity contribution in [3.05, 3.63) is 0 Å². The summed E-state index contributed by atoms with van der Waals surface area (Å²) in [5.74, 6) is 5.90. The molecule has 0 unspecified atom stereocenters. The number of hydrogen-bond donors (Lipinski definition) is 1. The van der Waals surface area contributed by atoms with Gasteiger partial charge in [0, 0.05) is 19.3 Å². The highest BCUT2D eigenvalue weighted by Gasteiger charge is 1.94. The minimum atomic E-state index is -0.253. The molecule has 2 nitrogen and oxygen atoms in total.